The molecule has 0 radical (unpaired) electrons. The smallest absolute Gasteiger partial charge is 0.108 e. The Morgan fingerprint density at radius 3 is 2.83 bits per heavy atom. The van der Waals surface area contributed by atoms with E-state index in [2.05, 4.69) is 41.8 Å². The van der Waals surface area contributed by atoms with Gasteiger partial charge >= 0.3 is 0 Å². The fraction of sp³-hybridized carbons (Fsp3) is 0.786. The third kappa shape index (κ3) is 4.42. The van der Waals surface area contributed by atoms with Crippen LogP contribution in [0.1, 0.15) is 45.9 Å². The predicted molar refractivity (Wildman–Crippen MR) is 74.6 cm³/mol. The van der Waals surface area contributed by atoms with E-state index >= 15 is 0 Å². The highest BCUT2D eigenvalue weighted by Crippen LogP contribution is 2.13. The van der Waals surface area contributed by atoms with Crippen LogP contribution in [0.4, 0.5) is 0 Å². The summed E-state index contributed by atoms with van der Waals surface area (Å²) in [5.74, 6) is 1.17. The van der Waals surface area contributed by atoms with Crippen LogP contribution in [0.25, 0.3) is 0 Å². The van der Waals surface area contributed by atoms with Crippen LogP contribution in [0.5, 0.6) is 0 Å². The molecule has 1 aromatic heterocycles. The first kappa shape index (κ1) is 15.2. The molecule has 0 aliphatic carbocycles. The van der Waals surface area contributed by atoms with Gasteiger partial charge in [-0.25, -0.2) is 4.98 Å². The molecule has 0 bridgehead atoms. The zero-order valence-electron chi connectivity index (χ0n) is 11.9. The predicted octanol–water partition coefficient (Wildman–Crippen LogP) is 1.98. The number of aryl methyl sites for hydroxylation is 2. The molecule has 1 atom stereocenters. The first-order valence-corrected chi connectivity index (χ1v) is 7.01. The molecule has 0 saturated heterocycles. The van der Waals surface area contributed by atoms with Gasteiger partial charge in [-0.2, -0.15) is 0 Å². The van der Waals surface area contributed by atoms with Gasteiger partial charge in [-0.3, -0.25) is 0 Å². The van der Waals surface area contributed by atoms with E-state index in [0.717, 1.165) is 38.8 Å². The minimum atomic E-state index is -0.153. The van der Waals surface area contributed by atoms with Crippen LogP contribution in [-0.2, 0) is 13.0 Å². The van der Waals surface area contributed by atoms with Crippen molar-refractivity contribution in [2.75, 3.05) is 13.2 Å². The molecule has 4 nitrogen and oxygen atoms in total. The monoisotopic (exact) mass is 253 g/mol. The normalized spacial score (nSPS) is 14.7. The van der Waals surface area contributed by atoms with Crippen LogP contribution < -0.4 is 5.32 Å². The summed E-state index contributed by atoms with van der Waals surface area (Å²) in [6.45, 7) is 8.39. The molecular formula is C14H27N3O. The molecule has 0 aliphatic heterocycles. The number of aliphatic hydroxyl groups is 1. The van der Waals surface area contributed by atoms with E-state index in [9.17, 15) is 5.11 Å². The molecule has 0 aromatic carbocycles. The van der Waals surface area contributed by atoms with Crippen molar-refractivity contribution in [3.8, 4) is 0 Å². The maximum Gasteiger partial charge on any atom is 0.108 e. The number of hydrogen-bond donors (Lipinski definition) is 2. The van der Waals surface area contributed by atoms with E-state index < -0.39 is 0 Å². The molecule has 1 aromatic rings. The van der Waals surface area contributed by atoms with Gasteiger partial charge < -0.3 is 15.0 Å². The molecule has 0 amide bonds. The van der Waals surface area contributed by atoms with Crippen molar-refractivity contribution in [2.24, 2.45) is 0 Å². The largest absolute Gasteiger partial charge is 0.394 e. The molecule has 4 heteroatoms. The Morgan fingerprint density at radius 1 is 1.44 bits per heavy atom. The highest BCUT2D eigenvalue weighted by Gasteiger charge is 2.21. The zero-order valence-corrected chi connectivity index (χ0v) is 11.9. The summed E-state index contributed by atoms with van der Waals surface area (Å²) in [6, 6.07) is 0. The summed E-state index contributed by atoms with van der Waals surface area (Å²) >= 11 is 0. The number of aliphatic hydroxyl groups excluding tert-OH is 1. The van der Waals surface area contributed by atoms with Crippen LogP contribution in [0.2, 0.25) is 0 Å². The summed E-state index contributed by atoms with van der Waals surface area (Å²) in [5.41, 5.74) is -0.153. The van der Waals surface area contributed by atoms with Gasteiger partial charge in [-0.05, 0) is 32.7 Å². The van der Waals surface area contributed by atoms with Crippen molar-refractivity contribution in [3.63, 3.8) is 0 Å². The van der Waals surface area contributed by atoms with E-state index in [-0.39, 0.29) is 12.1 Å². The van der Waals surface area contributed by atoms with Crippen LogP contribution in [0, 0.1) is 0 Å². The van der Waals surface area contributed by atoms with Crippen molar-refractivity contribution in [1.29, 1.82) is 0 Å². The highest BCUT2D eigenvalue weighted by molar-refractivity contribution is 4.92. The first-order chi connectivity index (χ1) is 8.65. The summed E-state index contributed by atoms with van der Waals surface area (Å²) in [6.07, 6.45) is 8.12. The van der Waals surface area contributed by atoms with E-state index in [4.69, 9.17) is 0 Å². The van der Waals surface area contributed by atoms with E-state index in [1.54, 1.807) is 0 Å². The second kappa shape index (κ2) is 7.54. The van der Waals surface area contributed by atoms with E-state index in [0.29, 0.717) is 0 Å². The Hall–Kier alpha value is -0.870. The maximum atomic E-state index is 9.43. The zero-order chi connectivity index (χ0) is 13.4. The molecule has 104 valence electrons. The summed E-state index contributed by atoms with van der Waals surface area (Å²) in [4.78, 5) is 4.38. The molecule has 0 fully saturated rings. The number of nitrogens with one attached hydrogen (secondary N) is 1. The van der Waals surface area contributed by atoms with Gasteiger partial charge in [0.25, 0.3) is 0 Å². The molecule has 18 heavy (non-hydrogen) atoms. The SMILES string of the molecule is CCCc1nccn1CCCC(C)(CO)NCC. The number of imidazole rings is 1. The lowest BCUT2D eigenvalue weighted by Gasteiger charge is -2.28. The lowest BCUT2D eigenvalue weighted by atomic mass is 9.97. The van der Waals surface area contributed by atoms with Crippen molar-refractivity contribution in [3.05, 3.63) is 18.2 Å². The second-order valence-corrected chi connectivity index (χ2v) is 5.14. The summed E-state index contributed by atoms with van der Waals surface area (Å²) in [5, 5.41) is 12.8. The van der Waals surface area contributed by atoms with Gasteiger partial charge in [-0.15, -0.1) is 0 Å². The number of aromatic nitrogens is 2. The Morgan fingerprint density at radius 2 is 2.22 bits per heavy atom. The number of nitrogens with zero attached hydrogens (tertiary/aromatic N) is 2. The van der Waals surface area contributed by atoms with Crippen LogP contribution in [0.15, 0.2) is 12.4 Å². The van der Waals surface area contributed by atoms with Crippen LogP contribution >= 0.6 is 0 Å². The number of likely N-dealkylation sites (N-methyl/N-ethyl adjacent to an activating group) is 1. The topological polar surface area (TPSA) is 50.1 Å². The molecule has 1 heterocycles. The fourth-order valence-electron chi connectivity index (χ4n) is 2.29. The molecular weight excluding hydrogens is 226 g/mol. The molecule has 2 N–H and O–H groups in total. The maximum absolute atomic E-state index is 9.43. The van der Waals surface area contributed by atoms with Crippen molar-refractivity contribution in [1.82, 2.24) is 14.9 Å². The number of rotatable bonds is 9. The third-order valence-corrected chi connectivity index (χ3v) is 3.36. The van der Waals surface area contributed by atoms with E-state index in [1.165, 1.54) is 5.82 Å². The Labute approximate surface area is 110 Å². The lowest BCUT2D eigenvalue weighted by molar-refractivity contribution is 0.164. The molecule has 0 spiro atoms. The second-order valence-electron chi connectivity index (χ2n) is 5.14. The minimum Gasteiger partial charge on any atom is -0.394 e. The average Bonchev–Trinajstić information content (AvgIpc) is 2.78. The quantitative estimate of drug-likeness (QED) is 0.707. The van der Waals surface area contributed by atoms with Gasteiger partial charge in [0.05, 0.1) is 6.61 Å². The van der Waals surface area contributed by atoms with Crippen LogP contribution in [-0.4, -0.2) is 33.3 Å². The van der Waals surface area contributed by atoms with Crippen molar-refractivity contribution >= 4 is 0 Å². The van der Waals surface area contributed by atoms with Gasteiger partial charge in [0.1, 0.15) is 5.82 Å². The fourth-order valence-corrected chi connectivity index (χ4v) is 2.29. The standard InChI is InChI=1S/C14H27N3O/c1-4-7-13-15-9-11-17(13)10-6-8-14(3,12-18)16-5-2/h9,11,16,18H,4-8,10,12H2,1-3H3. The molecule has 0 aliphatic rings. The van der Waals surface area contributed by atoms with Crippen molar-refractivity contribution < 1.29 is 5.11 Å². The Balaban J connectivity index is 2.42. The van der Waals surface area contributed by atoms with Gasteiger partial charge in [0.2, 0.25) is 0 Å². The Bertz CT molecular complexity index is 338. The molecule has 1 rings (SSSR count). The first-order valence-electron chi connectivity index (χ1n) is 7.01. The minimum absolute atomic E-state index is 0.153. The van der Waals surface area contributed by atoms with Gasteiger partial charge in [0.15, 0.2) is 0 Å². The average molecular weight is 253 g/mol. The number of hydrogen-bond acceptors (Lipinski definition) is 3. The highest BCUT2D eigenvalue weighted by atomic mass is 16.3. The van der Waals surface area contributed by atoms with E-state index in [1.807, 2.05) is 6.20 Å². The molecule has 1 unspecified atom stereocenters. The Kier molecular flexibility index (Phi) is 6.36. The summed E-state index contributed by atoms with van der Waals surface area (Å²) in [7, 11) is 0. The summed E-state index contributed by atoms with van der Waals surface area (Å²) < 4.78 is 2.23. The molecule has 0 saturated carbocycles. The van der Waals surface area contributed by atoms with Crippen LogP contribution in [0.3, 0.4) is 0 Å². The lowest BCUT2D eigenvalue weighted by Crippen LogP contribution is -2.45. The van der Waals surface area contributed by atoms with Gasteiger partial charge in [-0.1, -0.05) is 13.8 Å². The third-order valence-electron chi connectivity index (χ3n) is 3.36. The van der Waals surface area contributed by atoms with Gasteiger partial charge in [0, 0.05) is 30.9 Å². The van der Waals surface area contributed by atoms with Crippen molar-refractivity contribution in [2.45, 2.75) is 58.5 Å².